The van der Waals surface area contributed by atoms with Gasteiger partial charge in [-0.05, 0) is 28.4 Å². The Morgan fingerprint density at radius 3 is 1.62 bits per heavy atom. The summed E-state index contributed by atoms with van der Waals surface area (Å²) in [5.41, 5.74) is 8.30. The van der Waals surface area contributed by atoms with Gasteiger partial charge in [0.25, 0.3) is 0 Å². The second-order valence-corrected chi connectivity index (χ2v) is 19.7. The van der Waals surface area contributed by atoms with Crippen molar-refractivity contribution < 1.29 is 47.8 Å². The molecule has 216 valence electrons. The summed E-state index contributed by atoms with van der Waals surface area (Å²) in [6.07, 6.45) is 1.03. The van der Waals surface area contributed by atoms with Crippen molar-refractivity contribution in [3.63, 3.8) is 0 Å². The Hall–Kier alpha value is -2.10. The number of benzene rings is 4. The van der Waals surface area contributed by atoms with Crippen LogP contribution in [0.15, 0.2) is 121 Å². The van der Waals surface area contributed by atoms with Gasteiger partial charge in [-0.1, -0.05) is 65.3 Å². The maximum Gasteiger partial charge on any atom is -0.172 e. The summed E-state index contributed by atoms with van der Waals surface area (Å²) >= 11 is 1.27. The van der Waals surface area contributed by atoms with Crippen molar-refractivity contribution in [1.29, 1.82) is 0 Å². The van der Waals surface area contributed by atoms with Crippen LogP contribution in [-0.4, -0.2) is 5.49 Å². The third-order valence-electron chi connectivity index (χ3n) is 7.14. The predicted molar refractivity (Wildman–Crippen MR) is 171 cm³/mol. The van der Waals surface area contributed by atoms with Gasteiger partial charge >= 0.3 is 99.5 Å². The summed E-state index contributed by atoms with van der Waals surface area (Å²) in [5.74, 6) is 0. The van der Waals surface area contributed by atoms with Crippen LogP contribution in [0.25, 0.3) is 11.1 Å². The summed E-state index contributed by atoms with van der Waals surface area (Å²) in [7, 11) is 0. The molecule has 5 aromatic rings. The molecule has 0 unspecified atom stereocenters. The zero-order valence-corrected chi connectivity index (χ0v) is 31.6. The first-order valence-corrected chi connectivity index (χ1v) is 21.0. The smallest absolute Gasteiger partial charge is 0.172 e. The predicted octanol–water partition coefficient (Wildman–Crippen LogP) is 2.41. The summed E-state index contributed by atoms with van der Waals surface area (Å²) in [6.45, 7) is 13.6. The summed E-state index contributed by atoms with van der Waals surface area (Å²) < 4.78 is 0. The molecule has 0 radical (unpaired) electrons. The van der Waals surface area contributed by atoms with Gasteiger partial charge in [-0.2, -0.15) is 42.0 Å². The van der Waals surface area contributed by atoms with Crippen LogP contribution in [0.5, 0.6) is 0 Å². The van der Waals surface area contributed by atoms with E-state index in [1.807, 2.05) is 30.3 Å². The fraction of sp³-hybridized carbons (Fsp3) is 0.237. The van der Waals surface area contributed by atoms with Crippen LogP contribution < -0.4 is 35.2 Å². The quantitative estimate of drug-likeness (QED) is 0.188. The molecule has 5 aromatic carbocycles. The fourth-order valence-corrected chi connectivity index (χ4v) is 9.70. The fourth-order valence-electron chi connectivity index (χ4n) is 4.72. The van der Waals surface area contributed by atoms with E-state index in [-0.39, 0.29) is 35.6 Å². The summed E-state index contributed by atoms with van der Waals surface area (Å²) in [6, 6.07) is 46.9. The van der Waals surface area contributed by atoms with Gasteiger partial charge in [0, 0.05) is 0 Å². The molecule has 0 heterocycles. The molecule has 1 aliphatic carbocycles. The Kier molecular flexibility index (Phi) is 13.8. The third kappa shape index (κ3) is 9.71. The van der Waals surface area contributed by atoms with Crippen molar-refractivity contribution >= 4 is 15.9 Å². The van der Waals surface area contributed by atoms with Crippen LogP contribution in [0.3, 0.4) is 0 Å². The molecule has 0 spiro atoms. The van der Waals surface area contributed by atoms with Crippen molar-refractivity contribution in [2.24, 2.45) is 0 Å². The first kappa shape index (κ1) is 36.1. The van der Waals surface area contributed by atoms with E-state index in [1.54, 1.807) is 0 Å². The van der Waals surface area contributed by atoms with E-state index < -0.39 is 5.49 Å². The molecule has 0 nitrogen and oxygen atoms in total. The Labute approximate surface area is 281 Å². The van der Waals surface area contributed by atoms with E-state index in [0.29, 0.717) is 0 Å². The van der Waals surface area contributed by atoms with Crippen LogP contribution >= 0.6 is 0 Å². The number of halogens is 2. The average Bonchev–Trinajstić information content (AvgIpc) is 3.64. The Balaban J connectivity index is 0.000000253. The first-order valence-electron chi connectivity index (χ1n) is 14.1. The maximum absolute atomic E-state index is 3.67. The second-order valence-electron chi connectivity index (χ2n) is 12.4. The normalized spacial score (nSPS) is 11.2. The second kappa shape index (κ2) is 16.1. The zero-order chi connectivity index (χ0) is 28.8. The van der Waals surface area contributed by atoms with Crippen molar-refractivity contribution in [2.75, 3.05) is 0 Å². The minimum absolute atomic E-state index is 0. The first-order chi connectivity index (χ1) is 19.0. The third-order valence-corrected chi connectivity index (χ3v) is 15.2. The molecule has 4 heteroatoms. The molecule has 0 saturated carbocycles. The van der Waals surface area contributed by atoms with Gasteiger partial charge in [0.15, 0.2) is 0 Å². The van der Waals surface area contributed by atoms with Gasteiger partial charge in [0.05, 0.1) is 0 Å². The zero-order valence-electron chi connectivity index (χ0n) is 25.5. The van der Waals surface area contributed by atoms with Gasteiger partial charge < -0.3 is 24.8 Å². The minimum atomic E-state index is -0.406. The molecule has 0 N–H and O–H groups in total. The molecular weight excluding hydrogens is 734 g/mol. The van der Waals surface area contributed by atoms with E-state index in [9.17, 15) is 0 Å². The molecule has 6 rings (SSSR count). The molecule has 0 fully saturated rings. The molecule has 1 aliphatic rings. The van der Waals surface area contributed by atoms with Gasteiger partial charge in [-0.25, -0.2) is 12.1 Å². The topological polar surface area (TPSA) is 0 Å². The molecule has 0 atom stereocenters. The largest absolute Gasteiger partial charge is 0.214 e. The van der Waals surface area contributed by atoms with Crippen LogP contribution in [0.1, 0.15) is 63.8 Å². The average molecular weight is 774 g/mol. The summed E-state index contributed by atoms with van der Waals surface area (Å²) in [5, 5.41) is 3.07. The van der Waals surface area contributed by atoms with Crippen molar-refractivity contribution in [3.05, 3.63) is 150 Å². The van der Waals surface area contributed by atoms with E-state index in [1.165, 1.54) is 66.8 Å². The van der Waals surface area contributed by atoms with Crippen molar-refractivity contribution in [1.82, 2.24) is 0 Å². The number of fused-ring (bicyclic) bond motifs is 3. The molecule has 42 heavy (non-hydrogen) atoms. The molecular formula is C38H40Cl2HfSi-2. The van der Waals surface area contributed by atoms with Crippen LogP contribution in [-0.2, 0) is 40.3 Å². The van der Waals surface area contributed by atoms with Gasteiger partial charge in [-0.15, -0.1) is 11.1 Å². The number of hydrogen-bond acceptors (Lipinski definition) is 0. The van der Waals surface area contributed by atoms with E-state index in [0.717, 1.165) is 6.42 Å². The molecule has 0 aromatic heterocycles. The van der Waals surface area contributed by atoms with Gasteiger partial charge in [-0.3, -0.25) is 0 Å². The maximum atomic E-state index is 3.67. The van der Waals surface area contributed by atoms with Gasteiger partial charge in [0.1, 0.15) is 0 Å². The molecule has 0 amide bonds. The van der Waals surface area contributed by atoms with E-state index in [2.05, 4.69) is 139 Å². The van der Waals surface area contributed by atoms with E-state index >= 15 is 0 Å². The van der Waals surface area contributed by atoms with E-state index in [4.69, 9.17) is 0 Å². The molecule has 0 saturated heterocycles. The van der Waals surface area contributed by atoms with Crippen molar-refractivity contribution in [2.45, 2.75) is 58.8 Å². The molecule has 0 aliphatic heterocycles. The summed E-state index contributed by atoms with van der Waals surface area (Å²) in [4.78, 5) is 0. The number of rotatable bonds is 2. The van der Waals surface area contributed by atoms with Crippen LogP contribution in [0.4, 0.5) is 0 Å². The van der Waals surface area contributed by atoms with Crippen LogP contribution in [0, 0.1) is 6.07 Å². The minimum Gasteiger partial charge on any atom is -0.214 e. The van der Waals surface area contributed by atoms with Crippen LogP contribution in [0.2, 0.25) is 0 Å². The monoisotopic (exact) mass is 774 g/mol. The van der Waals surface area contributed by atoms with Gasteiger partial charge in [0.2, 0.25) is 0 Å². The molecule has 0 bridgehead atoms. The van der Waals surface area contributed by atoms with Crippen molar-refractivity contribution in [3.8, 4) is 11.1 Å². The standard InChI is InChI=1S/C21H25.C12H10Si.C5H5.2ClH.Hf/c1-20(2,3)16-7-9-18-14(12-16)11-15-13-17(21(4,5)6)8-10-19(15)18;1-3-7-11(8-4-1)13-12-9-5-2-6-10-12;1-2-4-5-3-1;;;/h7-10,12H,11H2,1-6H3;1-10H;1-5H;2*1H;/q-1;;-1;;;+2/p-2. The SMILES string of the molecule is CC(C)(C)c1[c-]c2c(cc1)-c1ccc(C(C)(C)C)cc1C2.[Cl-].[Cl-].[Hf+2]=[Si](c1ccccc1)c1ccccc1.c1cc[cH-]c1. The Bertz CT molecular complexity index is 1410. The Morgan fingerprint density at radius 1 is 0.643 bits per heavy atom. The number of hydrogen-bond donors (Lipinski definition) is 0. The Morgan fingerprint density at radius 2 is 1.17 bits per heavy atom.